The molecule has 94 valence electrons. The first-order valence-corrected chi connectivity index (χ1v) is 5.79. The molecule has 0 unspecified atom stereocenters. The second kappa shape index (κ2) is 4.24. The van der Waals surface area contributed by atoms with E-state index in [4.69, 9.17) is 9.78 Å². The zero-order chi connectivity index (χ0) is 13.4. The van der Waals surface area contributed by atoms with Gasteiger partial charge < -0.3 is 0 Å². The van der Waals surface area contributed by atoms with Gasteiger partial charge in [0.1, 0.15) is 0 Å². The molecule has 0 N–H and O–H groups in total. The van der Waals surface area contributed by atoms with Crippen molar-refractivity contribution >= 4 is 12.1 Å². The van der Waals surface area contributed by atoms with Crippen molar-refractivity contribution in [3.05, 3.63) is 58.7 Å². The molecule has 1 aliphatic heterocycles. The zero-order valence-electron chi connectivity index (χ0n) is 10.2. The van der Waals surface area contributed by atoms with Crippen molar-refractivity contribution in [3.63, 3.8) is 0 Å². The standard InChI is InChI=1S/C15H10O4/c1-9-14-11(8-16)7-12(15(9)19-18-14)13(17)10-5-3-2-4-6-10/h2-8H,1H3. The molecule has 1 heterocycles. The van der Waals surface area contributed by atoms with Crippen molar-refractivity contribution < 1.29 is 19.4 Å². The fraction of sp³-hybridized carbons (Fsp3) is 0.0667. The lowest BCUT2D eigenvalue weighted by molar-refractivity contribution is -0.0852. The SMILES string of the molecule is Cc1c2c(C=O)cc(C(=O)c3ccccc3)c1OO2. The number of aldehydes is 1. The minimum absolute atomic E-state index is 0.196. The Bertz CT molecular complexity index is 674. The summed E-state index contributed by atoms with van der Waals surface area (Å²) in [7, 11) is 0. The Kier molecular flexibility index (Phi) is 2.56. The number of carbonyl (C=O) groups is 2. The second-order valence-corrected chi connectivity index (χ2v) is 4.28. The summed E-state index contributed by atoms with van der Waals surface area (Å²) >= 11 is 0. The van der Waals surface area contributed by atoms with Gasteiger partial charge in [-0.05, 0) is 13.0 Å². The maximum atomic E-state index is 12.4. The van der Waals surface area contributed by atoms with E-state index in [1.165, 1.54) is 6.07 Å². The van der Waals surface area contributed by atoms with Crippen molar-refractivity contribution in [3.8, 4) is 11.5 Å². The van der Waals surface area contributed by atoms with E-state index in [9.17, 15) is 9.59 Å². The van der Waals surface area contributed by atoms with Crippen LogP contribution in [0.5, 0.6) is 11.5 Å². The van der Waals surface area contributed by atoms with Gasteiger partial charge in [0.25, 0.3) is 0 Å². The van der Waals surface area contributed by atoms with E-state index in [2.05, 4.69) is 0 Å². The summed E-state index contributed by atoms with van der Waals surface area (Å²) in [6, 6.07) is 10.3. The Hall–Kier alpha value is -2.62. The van der Waals surface area contributed by atoms with Gasteiger partial charge in [-0.3, -0.25) is 19.4 Å². The van der Waals surface area contributed by atoms with Gasteiger partial charge in [0.15, 0.2) is 23.6 Å². The molecule has 2 aromatic rings. The van der Waals surface area contributed by atoms with E-state index in [1.807, 2.05) is 6.07 Å². The molecule has 0 fully saturated rings. The fourth-order valence-corrected chi connectivity index (χ4v) is 2.11. The number of hydrogen-bond donors (Lipinski definition) is 0. The zero-order valence-corrected chi connectivity index (χ0v) is 10.2. The molecule has 19 heavy (non-hydrogen) atoms. The predicted molar refractivity (Wildman–Crippen MR) is 67.7 cm³/mol. The summed E-state index contributed by atoms with van der Waals surface area (Å²) in [4.78, 5) is 33.5. The Morgan fingerprint density at radius 2 is 1.79 bits per heavy atom. The topological polar surface area (TPSA) is 52.6 Å². The maximum Gasteiger partial charge on any atom is 0.196 e. The van der Waals surface area contributed by atoms with Crippen LogP contribution in [0.15, 0.2) is 36.4 Å². The summed E-state index contributed by atoms with van der Waals surface area (Å²) < 4.78 is 0. The molecule has 4 nitrogen and oxygen atoms in total. The lowest BCUT2D eigenvalue weighted by Gasteiger charge is -2.03. The molecule has 0 saturated carbocycles. The summed E-state index contributed by atoms with van der Waals surface area (Å²) in [6.07, 6.45) is 0.655. The average molecular weight is 254 g/mol. The van der Waals surface area contributed by atoms with Crippen LogP contribution in [0.2, 0.25) is 0 Å². The number of rotatable bonds is 3. The number of carbonyl (C=O) groups excluding carboxylic acids is 2. The highest BCUT2D eigenvalue weighted by Gasteiger charge is 2.29. The van der Waals surface area contributed by atoms with Crippen molar-refractivity contribution in [1.82, 2.24) is 0 Å². The third kappa shape index (κ3) is 1.69. The predicted octanol–water partition coefficient (Wildman–Crippen LogP) is 2.72. The van der Waals surface area contributed by atoms with Gasteiger partial charge in [0, 0.05) is 11.1 Å². The normalized spacial score (nSPS) is 11.6. The molecule has 0 saturated heterocycles. The molecule has 0 atom stereocenters. The molecular formula is C15H10O4. The first-order valence-electron chi connectivity index (χ1n) is 5.79. The van der Waals surface area contributed by atoms with Crippen LogP contribution in [-0.4, -0.2) is 12.1 Å². The molecule has 0 radical (unpaired) electrons. The molecule has 1 aliphatic rings. The number of ketones is 1. The lowest BCUT2D eigenvalue weighted by atomic mass is 9.97. The van der Waals surface area contributed by atoms with Crippen LogP contribution in [0, 0.1) is 6.92 Å². The van der Waals surface area contributed by atoms with Gasteiger partial charge >= 0.3 is 0 Å². The van der Waals surface area contributed by atoms with Crippen molar-refractivity contribution in [2.75, 3.05) is 0 Å². The van der Waals surface area contributed by atoms with Crippen LogP contribution < -0.4 is 9.78 Å². The van der Waals surface area contributed by atoms with Crippen LogP contribution >= 0.6 is 0 Å². The summed E-state index contributed by atoms with van der Waals surface area (Å²) in [5.41, 5.74) is 1.87. The van der Waals surface area contributed by atoms with Crippen LogP contribution in [0.1, 0.15) is 31.8 Å². The Labute approximate surface area is 109 Å². The summed E-state index contributed by atoms with van der Waals surface area (Å²) in [5.74, 6) is 0.572. The third-order valence-electron chi connectivity index (χ3n) is 3.10. The van der Waals surface area contributed by atoms with Gasteiger partial charge in [-0.15, -0.1) is 0 Å². The largest absolute Gasteiger partial charge is 0.298 e. The van der Waals surface area contributed by atoms with E-state index in [1.54, 1.807) is 31.2 Å². The van der Waals surface area contributed by atoms with E-state index in [0.29, 0.717) is 40.0 Å². The number of fused-ring (bicyclic) bond motifs is 2. The van der Waals surface area contributed by atoms with Crippen molar-refractivity contribution in [2.24, 2.45) is 0 Å². The van der Waals surface area contributed by atoms with Crippen LogP contribution in [0.4, 0.5) is 0 Å². The smallest absolute Gasteiger partial charge is 0.196 e. The third-order valence-corrected chi connectivity index (χ3v) is 3.10. The highest BCUT2D eigenvalue weighted by atomic mass is 17.2. The van der Waals surface area contributed by atoms with Gasteiger partial charge in [-0.2, -0.15) is 0 Å². The lowest BCUT2D eigenvalue weighted by Crippen LogP contribution is -2.03. The Morgan fingerprint density at radius 3 is 2.47 bits per heavy atom. The van der Waals surface area contributed by atoms with E-state index in [-0.39, 0.29) is 5.78 Å². The average Bonchev–Trinajstić information content (AvgIpc) is 2.73. The Balaban J connectivity index is 2.16. The summed E-state index contributed by atoms with van der Waals surface area (Å²) in [5, 5.41) is 0. The van der Waals surface area contributed by atoms with Crippen LogP contribution in [-0.2, 0) is 0 Å². The van der Waals surface area contributed by atoms with Crippen LogP contribution in [0.3, 0.4) is 0 Å². The second-order valence-electron chi connectivity index (χ2n) is 4.28. The van der Waals surface area contributed by atoms with Gasteiger partial charge in [0.2, 0.25) is 0 Å². The van der Waals surface area contributed by atoms with E-state index < -0.39 is 0 Å². The van der Waals surface area contributed by atoms with E-state index >= 15 is 0 Å². The highest BCUT2D eigenvalue weighted by molar-refractivity contribution is 6.12. The van der Waals surface area contributed by atoms with Crippen molar-refractivity contribution in [1.29, 1.82) is 0 Å². The minimum Gasteiger partial charge on any atom is -0.298 e. The molecule has 2 bridgehead atoms. The fourth-order valence-electron chi connectivity index (χ4n) is 2.11. The molecule has 0 amide bonds. The molecule has 2 aromatic carbocycles. The van der Waals surface area contributed by atoms with Crippen LogP contribution in [0.25, 0.3) is 0 Å². The summed E-state index contributed by atoms with van der Waals surface area (Å²) in [6.45, 7) is 1.76. The first kappa shape index (κ1) is 11.5. The minimum atomic E-state index is -0.196. The molecule has 0 spiro atoms. The quantitative estimate of drug-likeness (QED) is 0.480. The monoisotopic (exact) mass is 254 g/mol. The number of hydrogen-bond acceptors (Lipinski definition) is 4. The molecular weight excluding hydrogens is 244 g/mol. The van der Waals surface area contributed by atoms with Gasteiger partial charge in [0.05, 0.1) is 11.1 Å². The van der Waals surface area contributed by atoms with Gasteiger partial charge in [-0.1, -0.05) is 30.3 Å². The van der Waals surface area contributed by atoms with E-state index in [0.717, 1.165) is 0 Å². The first-order chi connectivity index (χ1) is 9.22. The number of benzene rings is 2. The highest BCUT2D eigenvalue weighted by Crippen LogP contribution is 2.40. The maximum absolute atomic E-state index is 12.4. The molecule has 4 heteroatoms. The Morgan fingerprint density at radius 1 is 1.11 bits per heavy atom. The molecule has 0 aliphatic carbocycles. The molecule has 0 aromatic heterocycles. The van der Waals surface area contributed by atoms with Crippen molar-refractivity contribution in [2.45, 2.75) is 6.92 Å². The molecule has 3 rings (SSSR count). The van der Waals surface area contributed by atoms with Gasteiger partial charge in [-0.25, -0.2) is 0 Å².